The highest BCUT2D eigenvalue weighted by molar-refractivity contribution is 7.92. The smallest absolute Gasteiger partial charge is 0.261 e. The van der Waals surface area contributed by atoms with E-state index in [2.05, 4.69) is 4.72 Å². The maximum absolute atomic E-state index is 13.6. The second-order valence-electron chi connectivity index (χ2n) is 5.18. The maximum atomic E-state index is 13.6. The number of anilines is 2. The highest BCUT2D eigenvalue weighted by Gasteiger charge is 2.20. The fourth-order valence-electron chi connectivity index (χ4n) is 2.47. The molecule has 0 amide bonds. The molecule has 7 heteroatoms. The van der Waals surface area contributed by atoms with E-state index in [-0.39, 0.29) is 10.6 Å². The summed E-state index contributed by atoms with van der Waals surface area (Å²) in [4.78, 5) is 2.11. The number of nitrogens with zero attached hydrogens (tertiary/aromatic N) is 1. The Morgan fingerprint density at radius 3 is 2.43 bits per heavy atom. The highest BCUT2D eigenvalue weighted by Crippen LogP contribution is 2.29. The van der Waals surface area contributed by atoms with Crippen molar-refractivity contribution in [1.82, 2.24) is 0 Å². The molecule has 23 heavy (non-hydrogen) atoms. The van der Waals surface area contributed by atoms with E-state index in [4.69, 9.17) is 4.74 Å². The normalized spacial score (nSPS) is 15.4. The lowest BCUT2D eigenvalue weighted by atomic mass is 10.2. The number of rotatable bonds is 4. The van der Waals surface area contributed by atoms with Crippen molar-refractivity contribution < 1.29 is 17.5 Å². The summed E-state index contributed by atoms with van der Waals surface area (Å²) in [6.07, 6.45) is 0. The van der Waals surface area contributed by atoms with Crippen molar-refractivity contribution in [3.05, 3.63) is 54.3 Å². The van der Waals surface area contributed by atoms with Crippen molar-refractivity contribution in [1.29, 1.82) is 0 Å². The van der Waals surface area contributed by atoms with Crippen LogP contribution >= 0.6 is 0 Å². The van der Waals surface area contributed by atoms with Gasteiger partial charge in [0.1, 0.15) is 5.82 Å². The van der Waals surface area contributed by atoms with E-state index in [1.807, 2.05) is 4.90 Å². The molecule has 0 aromatic heterocycles. The molecular weight excluding hydrogens is 319 g/mol. The minimum absolute atomic E-state index is 0.136. The van der Waals surface area contributed by atoms with Crippen LogP contribution < -0.4 is 9.62 Å². The molecule has 0 radical (unpaired) electrons. The van der Waals surface area contributed by atoms with E-state index in [1.165, 1.54) is 24.3 Å². The summed E-state index contributed by atoms with van der Waals surface area (Å²) < 4.78 is 46.3. The summed E-state index contributed by atoms with van der Waals surface area (Å²) in [7, 11) is -3.77. The number of halogens is 1. The second kappa shape index (κ2) is 6.55. The Morgan fingerprint density at radius 2 is 1.74 bits per heavy atom. The third-order valence-corrected chi connectivity index (χ3v) is 4.99. The van der Waals surface area contributed by atoms with Gasteiger partial charge in [-0.1, -0.05) is 18.2 Å². The Kier molecular flexibility index (Phi) is 4.49. The van der Waals surface area contributed by atoms with Gasteiger partial charge in [0.2, 0.25) is 0 Å². The summed E-state index contributed by atoms with van der Waals surface area (Å²) >= 11 is 0. The monoisotopic (exact) mass is 336 g/mol. The highest BCUT2D eigenvalue weighted by atomic mass is 32.2. The number of benzene rings is 2. The molecule has 0 saturated carbocycles. The molecule has 2 aromatic carbocycles. The molecule has 0 atom stereocenters. The van der Waals surface area contributed by atoms with Crippen LogP contribution in [0.2, 0.25) is 0 Å². The molecule has 1 aliphatic rings. The molecule has 0 bridgehead atoms. The van der Waals surface area contributed by atoms with Crippen LogP contribution in [0.1, 0.15) is 0 Å². The van der Waals surface area contributed by atoms with Crippen LogP contribution in [-0.4, -0.2) is 34.7 Å². The molecule has 1 heterocycles. The van der Waals surface area contributed by atoms with Crippen LogP contribution in [0.5, 0.6) is 0 Å². The first-order valence-corrected chi connectivity index (χ1v) is 8.75. The molecule has 1 fully saturated rings. The van der Waals surface area contributed by atoms with E-state index >= 15 is 0 Å². The lowest BCUT2D eigenvalue weighted by Gasteiger charge is -2.30. The van der Waals surface area contributed by atoms with Gasteiger partial charge in [0, 0.05) is 19.2 Å². The molecular formula is C16H17FN2O3S. The minimum atomic E-state index is -3.77. The topological polar surface area (TPSA) is 58.6 Å². The summed E-state index contributed by atoms with van der Waals surface area (Å²) in [5, 5.41) is 0. The van der Waals surface area contributed by atoms with Crippen molar-refractivity contribution in [2.45, 2.75) is 4.90 Å². The van der Waals surface area contributed by atoms with Crippen molar-refractivity contribution in [2.24, 2.45) is 0 Å². The Hall–Kier alpha value is -2.12. The molecule has 1 aliphatic heterocycles. The summed E-state index contributed by atoms with van der Waals surface area (Å²) in [5.74, 6) is -0.493. The number of ether oxygens (including phenoxy) is 1. The zero-order valence-corrected chi connectivity index (χ0v) is 13.2. The fraction of sp³-hybridized carbons (Fsp3) is 0.250. The fourth-order valence-corrected chi connectivity index (χ4v) is 3.56. The first kappa shape index (κ1) is 15.8. The first-order chi connectivity index (χ1) is 11.1. The summed E-state index contributed by atoms with van der Waals surface area (Å²) in [5.41, 5.74) is 0.880. The van der Waals surface area contributed by atoms with Gasteiger partial charge in [-0.3, -0.25) is 4.72 Å². The van der Waals surface area contributed by atoms with Crippen molar-refractivity contribution in [2.75, 3.05) is 35.9 Å². The average Bonchev–Trinajstić information content (AvgIpc) is 2.56. The molecule has 2 aromatic rings. The van der Waals surface area contributed by atoms with Gasteiger partial charge in [-0.25, -0.2) is 12.8 Å². The Balaban J connectivity index is 1.94. The third kappa shape index (κ3) is 3.62. The lowest BCUT2D eigenvalue weighted by Crippen LogP contribution is -2.36. The summed E-state index contributed by atoms with van der Waals surface area (Å²) in [6, 6.07) is 12.1. The quantitative estimate of drug-likeness (QED) is 0.932. The van der Waals surface area contributed by atoms with E-state index in [0.29, 0.717) is 32.0 Å². The van der Waals surface area contributed by atoms with Crippen LogP contribution in [0.4, 0.5) is 15.8 Å². The molecule has 1 N–H and O–H groups in total. The van der Waals surface area contributed by atoms with Crippen LogP contribution in [0.15, 0.2) is 53.4 Å². The van der Waals surface area contributed by atoms with E-state index in [1.54, 1.807) is 24.3 Å². The van der Waals surface area contributed by atoms with Gasteiger partial charge < -0.3 is 9.64 Å². The lowest BCUT2D eigenvalue weighted by molar-refractivity contribution is 0.123. The molecule has 1 saturated heterocycles. The SMILES string of the molecule is O=S(=O)(Nc1cc(F)ccc1N1CCOCC1)c1ccccc1. The average molecular weight is 336 g/mol. The zero-order valence-electron chi connectivity index (χ0n) is 12.4. The first-order valence-electron chi connectivity index (χ1n) is 7.26. The molecule has 0 unspecified atom stereocenters. The zero-order chi connectivity index (χ0) is 16.3. The predicted octanol–water partition coefficient (Wildman–Crippen LogP) is 2.46. The number of morpholine rings is 1. The number of nitrogens with one attached hydrogen (secondary N) is 1. The Labute approximate surface area is 134 Å². The number of hydrogen-bond acceptors (Lipinski definition) is 4. The van der Waals surface area contributed by atoms with Crippen LogP contribution in [-0.2, 0) is 14.8 Å². The van der Waals surface area contributed by atoms with Gasteiger partial charge in [0.15, 0.2) is 0 Å². The standard InChI is InChI=1S/C16H17FN2O3S/c17-13-6-7-16(19-8-10-22-11-9-19)15(12-13)18-23(20,21)14-4-2-1-3-5-14/h1-7,12,18H,8-11H2. The van der Waals surface area contributed by atoms with Gasteiger partial charge in [-0.15, -0.1) is 0 Å². The van der Waals surface area contributed by atoms with Gasteiger partial charge in [-0.05, 0) is 24.3 Å². The number of hydrogen-bond donors (Lipinski definition) is 1. The Morgan fingerprint density at radius 1 is 1.04 bits per heavy atom. The van der Waals surface area contributed by atoms with Gasteiger partial charge >= 0.3 is 0 Å². The van der Waals surface area contributed by atoms with E-state index in [0.717, 1.165) is 0 Å². The molecule has 3 rings (SSSR count). The molecule has 5 nitrogen and oxygen atoms in total. The maximum Gasteiger partial charge on any atom is 0.261 e. The van der Waals surface area contributed by atoms with Gasteiger partial charge in [0.25, 0.3) is 10.0 Å². The predicted molar refractivity (Wildman–Crippen MR) is 86.7 cm³/mol. The van der Waals surface area contributed by atoms with Crippen molar-refractivity contribution >= 4 is 21.4 Å². The van der Waals surface area contributed by atoms with E-state index in [9.17, 15) is 12.8 Å². The van der Waals surface area contributed by atoms with Crippen molar-refractivity contribution in [3.8, 4) is 0 Å². The Bertz CT molecular complexity index is 775. The molecule has 0 aliphatic carbocycles. The minimum Gasteiger partial charge on any atom is -0.378 e. The van der Waals surface area contributed by atoms with Gasteiger partial charge in [0.05, 0.1) is 29.5 Å². The number of sulfonamides is 1. The van der Waals surface area contributed by atoms with Crippen LogP contribution in [0, 0.1) is 5.82 Å². The van der Waals surface area contributed by atoms with Crippen molar-refractivity contribution in [3.63, 3.8) is 0 Å². The van der Waals surface area contributed by atoms with Crippen LogP contribution in [0.25, 0.3) is 0 Å². The largest absolute Gasteiger partial charge is 0.378 e. The van der Waals surface area contributed by atoms with Gasteiger partial charge in [-0.2, -0.15) is 0 Å². The molecule has 0 spiro atoms. The second-order valence-corrected chi connectivity index (χ2v) is 6.86. The van der Waals surface area contributed by atoms with Crippen LogP contribution in [0.3, 0.4) is 0 Å². The molecule has 122 valence electrons. The van der Waals surface area contributed by atoms with E-state index < -0.39 is 15.8 Å². The third-order valence-electron chi connectivity index (χ3n) is 3.61. The summed E-state index contributed by atoms with van der Waals surface area (Å²) in [6.45, 7) is 2.38.